The minimum atomic E-state index is 0.779. The summed E-state index contributed by atoms with van der Waals surface area (Å²) in [4.78, 5) is 8.37. The molecule has 0 saturated carbocycles. The number of rotatable bonds is 0. The Hall–Kier alpha value is -1.88. The minimum Gasteiger partial charge on any atom is -0.241 e. The fourth-order valence-electron chi connectivity index (χ4n) is 1.22. The highest BCUT2D eigenvalue weighted by molar-refractivity contribution is 5.79. The Kier molecular flexibility index (Phi) is 1.71. The van der Waals surface area contributed by atoms with Crippen molar-refractivity contribution in [1.29, 1.82) is 0 Å². The van der Waals surface area contributed by atoms with Gasteiger partial charge in [-0.25, -0.2) is 9.97 Å². The largest absolute Gasteiger partial charge is 0.241 e. The van der Waals surface area contributed by atoms with Crippen LogP contribution in [0.4, 0.5) is 0 Å². The number of aromatic nitrogens is 2. The SMILES string of the molecule is C#Cc1ccc2nc(C)ncc2c1. The molecule has 2 aromatic rings. The maximum Gasteiger partial charge on any atom is 0.125 e. The highest BCUT2D eigenvalue weighted by Gasteiger charge is 1.96. The van der Waals surface area contributed by atoms with Crippen molar-refractivity contribution in [2.45, 2.75) is 6.92 Å². The molecule has 62 valence electrons. The molecule has 0 aliphatic rings. The zero-order chi connectivity index (χ0) is 9.26. The molecule has 1 aromatic heterocycles. The van der Waals surface area contributed by atoms with Gasteiger partial charge in [-0.2, -0.15) is 0 Å². The summed E-state index contributed by atoms with van der Waals surface area (Å²) < 4.78 is 0. The minimum absolute atomic E-state index is 0.779. The fraction of sp³-hybridized carbons (Fsp3) is 0.0909. The van der Waals surface area contributed by atoms with E-state index in [-0.39, 0.29) is 0 Å². The molecule has 13 heavy (non-hydrogen) atoms. The van der Waals surface area contributed by atoms with Crippen LogP contribution in [0.2, 0.25) is 0 Å². The summed E-state index contributed by atoms with van der Waals surface area (Å²) in [5.41, 5.74) is 1.80. The number of fused-ring (bicyclic) bond motifs is 1. The van der Waals surface area contributed by atoms with E-state index in [4.69, 9.17) is 6.42 Å². The Balaban J connectivity index is 2.75. The monoisotopic (exact) mass is 168 g/mol. The lowest BCUT2D eigenvalue weighted by molar-refractivity contribution is 1.09. The van der Waals surface area contributed by atoms with Crippen molar-refractivity contribution in [1.82, 2.24) is 9.97 Å². The van der Waals surface area contributed by atoms with E-state index in [1.807, 2.05) is 25.1 Å². The summed E-state index contributed by atoms with van der Waals surface area (Å²) in [6.07, 6.45) is 7.07. The molecule has 0 amide bonds. The number of benzene rings is 1. The summed E-state index contributed by atoms with van der Waals surface area (Å²) >= 11 is 0. The van der Waals surface area contributed by atoms with Crippen LogP contribution in [0.5, 0.6) is 0 Å². The van der Waals surface area contributed by atoms with Gasteiger partial charge in [0.25, 0.3) is 0 Å². The average molecular weight is 168 g/mol. The first-order chi connectivity index (χ1) is 6.29. The Morgan fingerprint density at radius 3 is 3.00 bits per heavy atom. The van der Waals surface area contributed by atoms with Crippen molar-refractivity contribution in [3.8, 4) is 12.3 Å². The third-order valence-corrected chi connectivity index (χ3v) is 1.87. The molecule has 0 spiro atoms. The Bertz CT molecular complexity index is 495. The first-order valence-corrected chi connectivity index (χ1v) is 3.99. The highest BCUT2D eigenvalue weighted by atomic mass is 14.9. The normalized spacial score (nSPS) is 9.85. The van der Waals surface area contributed by atoms with Gasteiger partial charge >= 0.3 is 0 Å². The van der Waals surface area contributed by atoms with E-state index >= 15 is 0 Å². The molecule has 1 heterocycles. The average Bonchev–Trinajstić information content (AvgIpc) is 2.17. The van der Waals surface area contributed by atoms with Gasteiger partial charge in [-0.3, -0.25) is 0 Å². The maximum atomic E-state index is 5.28. The molecule has 0 radical (unpaired) electrons. The van der Waals surface area contributed by atoms with Gasteiger partial charge in [0.2, 0.25) is 0 Å². The van der Waals surface area contributed by atoms with Crippen molar-refractivity contribution in [3.63, 3.8) is 0 Å². The zero-order valence-electron chi connectivity index (χ0n) is 7.28. The molecular weight excluding hydrogens is 160 g/mol. The quantitative estimate of drug-likeness (QED) is 0.561. The van der Waals surface area contributed by atoms with Gasteiger partial charge < -0.3 is 0 Å². The third kappa shape index (κ3) is 1.36. The summed E-state index contributed by atoms with van der Waals surface area (Å²) in [5, 5.41) is 0.987. The molecular formula is C11H8N2. The lowest BCUT2D eigenvalue weighted by Crippen LogP contribution is -1.87. The molecule has 0 bridgehead atoms. The van der Waals surface area contributed by atoms with Crippen LogP contribution in [0.1, 0.15) is 11.4 Å². The molecule has 0 N–H and O–H groups in total. The second-order valence-corrected chi connectivity index (χ2v) is 2.84. The summed E-state index contributed by atoms with van der Waals surface area (Å²) in [5.74, 6) is 3.36. The predicted octanol–water partition coefficient (Wildman–Crippen LogP) is 1.92. The molecule has 2 heteroatoms. The van der Waals surface area contributed by atoms with Crippen LogP contribution in [0, 0.1) is 19.3 Å². The number of hydrogen-bond donors (Lipinski definition) is 0. The molecule has 0 atom stereocenters. The van der Waals surface area contributed by atoms with Gasteiger partial charge in [-0.05, 0) is 25.1 Å². The number of terminal acetylenes is 1. The molecule has 0 aliphatic heterocycles. The van der Waals surface area contributed by atoms with E-state index in [2.05, 4.69) is 15.9 Å². The summed E-state index contributed by atoms with van der Waals surface area (Å²) in [7, 11) is 0. The van der Waals surface area contributed by atoms with Crippen LogP contribution in [-0.4, -0.2) is 9.97 Å². The molecule has 0 saturated heterocycles. The van der Waals surface area contributed by atoms with Crippen LogP contribution in [-0.2, 0) is 0 Å². The zero-order valence-corrected chi connectivity index (χ0v) is 7.28. The van der Waals surface area contributed by atoms with Gasteiger partial charge in [-0.1, -0.05) is 5.92 Å². The van der Waals surface area contributed by atoms with Crippen LogP contribution >= 0.6 is 0 Å². The molecule has 0 unspecified atom stereocenters. The predicted molar refractivity (Wildman–Crippen MR) is 52.2 cm³/mol. The molecule has 1 aromatic carbocycles. The molecule has 0 fully saturated rings. The fourth-order valence-corrected chi connectivity index (χ4v) is 1.22. The van der Waals surface area contributed by atoms with E-state index in [9.17, 15) is 0 Å². The van der Waals surface area contributed by atoms with Crippen LogP contribution in [0.3, 0.4) is 0 Å². The van der Waals surface area contributed by atoms with Gasteiger partial charge in [0.15, 0.2) is 0 Å². The Morgan fingerprint density at radius 2 is 2.23 bits per heavy atom. The first-order valence-electron chi connectivity index (χ1n) is 3.99. The second kappa shape index (κ2) is 2.87. The number of nitrogens with zero attached hydrogens (tertiary/aromatic N) is 2. The number of hydrogen-bond acceptors (Lipinski definition) is 2. The van der Waals surface area contributed by atoms with Crippen molar-refractivity contribution < 1.29 is 0 Å². The Labute approximate surface area is 76.6 Å². The standard InChI is InChI=1S/C11H8N2/c1-3-9-4-5-11-10(6-9)7-12-8(2)13-11/h1,4-7H,2H3. The van der Waals surface area contributed by atoms with Crippen molar-refractivity contribution in [3.05, 3.63) is 35.8 Å². The van der Waals surface area contributed by atoms with Gasteiger partial charge in [0.05, 0.1) is 5.52 Å². The van der Waals surface area contributed by atoms with Crippen LogP contribution in [0.25, 0.3) is 10.9 Å². The van der Waals surface area contributed by atoms with Crippen molar-refractivity contribution in [2.24, 2.45) is 0 Å². The summed E-state index contributed by atoms with van der Waals surface area (Å²) in [6.45, 7) is 1.87. The first kappa shape index (κ1) is 7.75. The van der Waals surface area contributed by atoms with Gasteiger partial charge in [-0.15, -0.1) is 6.42 Å². The van der Waals surface area contributed by atoms with E-state index in [0.717, 1.165) is 22.3 Å². The Morgan fingerprint density at radius 1 is 1.38 bits per heavy atom. The van der Waals surface area contributed by atoms with Crippen LogP contribution in [0.15, 0.2) is 24.4 Å². The summed E-state index contributed by atoms with van der Waals surface area (Å²) in [6, 6.07) is 5.71. The van der Waals surface area contributed by atoms with E-state index in [1.54, 1.807) is 6.20 Å². The molecule has 2 nitrogen and oxygen atoms in total. The van der Waals surface area contributed by atoms with Crippen LogP contribution < -0.4 is 0 Å². The number of aryl methyl sites for hydroxylation is 1. The van der Waals surface area contributed by atoms with Crippen molar-refractivity contribution in [2.75, 3.05) is 0 Å². The van der Waals surface area contributed by atoms with Gasteiger partial charge in [0.1, 0.15) is 5.82 Å². The maximum absolute atomic E-state index is 5.28. The molecule has 2 rings (SSSR count). The van der Waals surface area contributed by atoms with Crippen molar-refractivity contribution >= 4 is 10.9 Å². The van der Waals surface area contributed by atoms with E-state index in [0.29, 0.717) is 0 Å². The third-order valence-electron chi connectivity index (χ3n) is 1.87. The van der Waals surface area contributed by atoms with Gasteiger partial charge in [0, 0.05) is 17.1 Å². The second-order valence-electron chi connectivity index (χ2n) is 2.84. The highest BCUT2D eigenvalue weighted by Crippen LogP contribution is 2.12. The lowest BCUT2D eigenvalue weighted by atomic mass is 10.1. The smallest absolute Gasteiger partial charge is 0.125 e. The topological polar surface area (TPSA) is 25.8 Å². The molecule has 0 aliphatic carbocycles. The van der Waals surface area contributed by atoms with E-state index < -0.39 is 0 Å². The van der Waals surface area contributed by atoms with E-state index in [1.165, 1.54) is 0 Å². The lowest BCUT2D eigenvalue weighted by Gasteiger charge is -1.97.